The Morgan fingerprint density at radius 2 is 1.90 bits per heavy atom. The number of pyridine rings is 1. The third kappa shape index (κ3) is 2.73. The third-order valence-corrected chi connectivity index (χ3v) is 5.82. The number of amides is 3. The summed E-state index contributed by atoms with van der Waals surface area (Å²) in [6.07, 6.45) is 0. The fraction of sp³-hybridized carbons (Fsp3) is 0.261. The van der Waals surface area contributed by atoms with Crippen molar-refractivity contribution in [3.8, 4) is 17.1 Å². The van der Waals surface area contributed by atoms with Crippen molar-refractivity contribution in [3.63, 3.8) is 0 Å². The predicted octanol–water partition coefficient (Wildman–Crippen LogP) is 4.08. The van der Waals surface area contributed by atoms with Crippen molar-refractivity contribution in [2.45, 2.75) is 19.4 Å². The lowest BCUT2D eigenvalue weighted by Gasteiger charge is -2.37. The van der Waals surface area contributed by atoms with Gasteiger partial charge in [0.05, 0.1) is 12.8 Å². The summed E-state index contributed by atoms with van der Waals surface area (Å²) in [7, 11) is 3.05. The molecule has 0 radical (unpaired) electrons. The van der Waals surface area contributed by atoms with E-state index >= 15 is 0 Å². The summed E-state index contributed by atoms with van der Waals surface area (Å²) in [5, 5.41) is 3.68. The van der Waals surface area contributed by atoms with Gasteiger partial charge >= 0.3 is 6.03 Å². The largest absolute Gasteiger partial charge is 0.481 e. The molecule has 0 aliphatic carbocycles. The van der Waals surface area contributed by atoms with Crippen LogP contribution >= 0.6 is 0 Å². The van der Waals surface area contributed by atoms with Gasteiger partial charge in [0.1, 0.15) is 5.82 Å². The minimum Gasteiger partial charge on any atom is -0.481 e. The Hall–Kier alpha value is -3.48. The molecule has 0 spiro atoms. The van der Waals surface area contributed by atoms with Gasteiger partial charge in [0, 0.05) is 23.6 Å². The first-order valence-electron chi connectivity index (χ1n) is 9.64. The number of nitrogens with zero attached hydrogens (tertiary/aromatic N) is 2. The molecule has 1 aliphatic rings. The molecule has 1 atom stereocenters. The molecule has 0 saturated carbocycles. The molecule has 7 heteroatoms. The summed E-state index contributed by atoms with van der Waals surface area (Å²) in [6.45, 7) is 3.74. The summed E-state index contributed by atoms with van der Waals surface area (Å²) >= 11 is 0. The fourth-order valence-corrected chi connectivity index (χ4v) is 4.29. The maximum Gasteiger partial charge on any atom is 0.325 e. The summed E-state index contributed by atoms with van der Waals surface area (Å²) in [5.41, 5.74) is 0.564. The Balaban J connectivity index is 1.87. The second kappa shape index (κ2) is 7.09. The van der Waals surface area contributed by atoms with Crippen LogP contribution in [0.4, 0.5) is 9.18 Å². The summed E-state index contributed by atoms with van der Waals surface area (Å²) < 4.78 is 19.8. The van der Waals surface area contributed by atoms with Gasteiger partial charge in [-0.25, -0.2) is 14.2 Å². The average Bonchev–Trinajstić information content (AvgIpc) is 2.96. The zero-order valence-electron chi connectivity index (χ0n) is 17.2. The number of hydrogen-bond donors (Lipinski definition) is 1. The highest BCUT2D eigenvalue weighted by Gasteiger charge is 2.56. The van der Waals surface area contributed by atoms with Gasteiger partial charge in [-0.2, -0.15) is 0 Å². The monoisotopic (exact) mass is 407 g/mol. The first-order chi connectivity index (χ1) is 14.3. The number of urea groups is 1. The number of imide groups is 1. The van der Waals surface area contributed by atoms with Crippen LogP contribution in [-0.4, -0.2) is 36.0 Å². The van der Waals surface area contributed by atoms with E-state index in [2.05, 4.69) is 10.3 Å². The van der Waals surface area contributed by atoms with Crippen molar-refractivity contribution in [2.75, 3.05) is 14.2 Å². The van der Waals surface area contributed by atoms with Crippen molar-refractivity contribution < 1.29 is 18.7 Å². The number of carbonyl (C=O) groups excluding carboxylic acids is 2. The average molecular weight is 407 g/mol. The second-order valence-electron chi connectivity index (χ2n) is 7.67. The van der Waals surface area contributed by atoms with E-state index in [0.717, 1.165) is 10.9 Å². The SMILES string of the molecule is COc1nc(-c2ccc3cccc(F)c3c2)ccc1C1(C(C)C)C(=O)NC(=O)N1C. The molecule has 3 amide bonds. The first-order valence-corrected chi connectivity index (χ1v) is 9.64. The maximum atomic E-state index is 14.2. The lowest BCUT2D eigenvalue weighted by atomic mass is 9.79. The highest BCUT2D eigenvalue weighted by atomic mass is 19.1. The number of rotatable bonds is 4. The second-order valence-corrected chi connectivity index (χ2v) is 7.67. The van der Waals surface area contributed by atoms with Crippen molar-refractivity contribution >= 4 is 22.7 Å². The highest BCUT2D eigenvalue weighted by Crippen LogP contribution is 2.43. The lowest BCUT2D eigenvalue weighted by Crippen LogP contribution is -2.49. The Morgan fingerprint density at radius 1 is 1.13 bits per heavy atom. The Bertz CT molecular complexity index is 1180. The Morgan fingerprint density at radius 3 is 2.53 bits per heavy atom. The molecule has 1 fully saturated rings. The maximum absolute atomic E-state index is 14.2. The quantitative estimate of drug-likeness (QED) is 0.662. The van der Waals surface area contributed by atoms with Crippen molar-refractivity contribution in [1.29, 1.82) is 0 Å². The first kappa shape index (κ1) is 19.8. The Kier molecular flexibility index (Phi) is 4.68. The molecule has 1 N–H and O–H groups in total. The van der Waals surface area contributed by atoms with Gasteiger partial charge in [-0.05, 0) is 35.6 Å². The molecule has 1 aromatic heterocycles. The van der Waals surface area contributed by atoms with E-state index in [1.165, 1.54) is 18.1 Å². The highest BCUT2D eigenvalue weighted by molar-refractivity contribution is 6.07. The number of aromatic nitrogens is 1. The van der Waals surface area contributed by atoms with Gasteiger partial charge in [0.2, 0.25) is 5.88 Å². The predicted molar refractivity (Wildman–Crippen MR) is 112 cm³/mol. The van der Waals surface area contributed by atoms with Crippen LogP contribution in [0.25, 0.3) is 22.0 Å². The van der Waals surface area contributed by atoms with E-state index in [4.69, 9.17) is 4.74 Å². The number of benzene rings is 2. The van der Waals surface area contributed by atoms with E-state index in [-0.39, 0.29) is 17.6 Å². The molecule has 2 aromatic carbocycles. The van der Waals surface area contributed by atoms with Crippen LogP contribution in [0, 0.1) is 11.7 Å². The summed E-state index contributed by atoms with van der Waals surface area (Å²) in [4.78, 5) is 31.1. The van der Waals surface area contributed by atoms with Gasteiger partial charge in [0.25, 0.3) is 5.91 Å². The number of fused-ring (bicyclic) bond motifs is 1. The zero-order chi connectivity index (χ0) is 21.6. The fourth-order valence-electron chi connectivity index (χ4n) is 4.29. The third-order valence-electron chi connectivity index (χ3n) is 5.82. The zero-order valence-corrected chi connectivity index (χ0v) is 17.2. The van der Waals surface area contributed by atoms with Gasteiger partial charge in [-0.1, -0.05) is 38.1 Å². The molecule has 0 bridgehead atoms. The van der Waals surface area contributed by atoms with Crippen LogP contribution in [0.2, 0.25) is 0 Å². The van der Waals surface area contributed by atoms with Crippen LogP contribution < -0.4 is 10.1 Å². The number of carbonyl (C=O) groups is 2. The van der Waals surface area contributed by atoms with Gasteiger partial charge < -0.3 is 9.64 Å². The molecule has 4 rings (SSSR count). The minimum atomic E-state index is -1.23. The van der Waals surface area contributed by atoms with Crippen molar-refractivity contribution in [3.05, 3.63) is 59.9 Å². The number of likely N-dealkylation sites (N-methyl/N-ethyl adjacent to an activating group) is 1. The van der Waals surface area contributed by atoms with Crippen molar-refractivity contribution in [1.82, 2.24) is 15.2 Å². The summed E-state index contributed by atoms with van der Waals surface area (Å²) in [6, 6.07) is 13.4. The van der Waals surface area contributed by atoms with Crippen LogP contribution in [-0.2, 0) is 10.3 Å². The molecule has 6 nitrogen and oxygen atoms in total. The van der Waals surface area contributed by atoms with E-state index in [9.17, 15) is 14.0 Å². The van der Waals surface area contributed by atoms with E-state index < -0.39 is 17.5 Å². The van der Waals surface area contributed by atoms with Crippen LogP contribution in [0.5, 0.6) is 5.88 Å². The molecule has 30 heavy (non-hydrogen) atoms. The standard InChI is InChI=1S/C23H22FN3O3/c1-13(2)23(21(28)26-22(29)27(23)3)17-10-11-19(25-20(17)30-4)15-9-8-14-6-5-7-18(24)16(14)12-15/h5-13H,1-4H3,(H,26,28,29). The van der Waals surface area contributed by atoms with Gasteiger partial charge in [-0.15, -0.1) is 0 Å². The molecular formula is C23H22FN3O3. The molecule has 154 valence electrons. The normalized spacial score (nSPS) is 18.9. The van der Waals surface area contributed by atoms with Gasteiger partial charge in [0.15, 0.2) is 5.54 Å². The molecular weight excluding hydrogens is 385 g/mol. The molecule has 1 saturated heterocycles. The van der Waals surface area contributed by atoms with Crippen LogP contribution in [0.1, 0.15) is 19.4 Å². The molecule has 3 aromatic rings. The number of halogens is 1. The molecule has 1 aliphatic heterocycles. The summed E-state index contributed by atoms with van der Waals surface area (Å²) in [5.74, 6) is -0.707. The molecule has 2 heterocycles. The lowest BCUT2D eigenvalue weighted by molar-refractivity contribution is -0.129. The minimum absolute atomic E-state index is 0.231. The number of nitrogens with one attached hydrogen (secondary N) is 1. The van der Waals surface area contributed by atoms with E-state index in [1.807, 2.05) is 32.0 Å². The van der Waals surface area contributed by atoms with Crippen molar-refractivity contribution in [2.24, 2.45) is 5.92 Å². The van der Waals surface area contributed by atoms with Gasteiger partial charge in [-0.3, -0.25) is 10.1 Å². The molecule has 1 unspecified atom stereocenters. The smallest absolute Gasteiger partial charge is 0.325 e. The van der Waals surface area contributed by atoms with E-state index in [1.54, 1.807) is 31.3 Å². The number of ether oxygens (including phenoxy) is 1. The van der Waals surface area contributed by atoms with E-state index in [0.29, 0.717) is 16.6 Å². The topological polar surface area (TPSA) is 71.5 Å². The number of methoxy groups -OCH3 is 1. The van der Waals surface area contributed by atoms with Crippen LogP contribution in [0.3, 0.4) is 0 Å². The van der Waals surface area contributed by atoms with Crippen LogP contribution in [0.15, 0.2) is 48.5 Å². The Labute approximate surface area is 173 Å². The number of hydrogen-bond acceptors (Lipinski definition) is 4.